The lowest BCUT2D eigenvalue weighted by molar-refractivity contribution is 0.0869. The van der Waals surface area contributed by atoms with Gasteiger partial charge in [0.1, 0.15) is 0 Å². The molecule has 0 aliphatic heterocycles. The SMILES string of the molecule is Cc1c(Cl)cccc1Nc1ccccc1C(=O)CCCCOCCO. The molecule has 0 atom stereocenters. The zero-order chi connectivity index (χ0) is 18.1. The van der Waals surface area contributed by atoms with E-state index in [1.165, 1.54) is 0 Å². The lowest BCUT2D eigenvalue weighted by Gasteiger charge is -2.14. The number of carbonyl (C=O) groups excluding carboxylic acids is 1. The Morgan fingerprint density at radius 1 is 1.08 bits per heavy atom. The molecule has 0 spiro atoms. The Morgan fingerprint density at radius 2 is 1.84 bits per heavy atom. The van der Waals surface area contributed by atoms with Gasteiger partial charge in [-0.3, -0.25) is 4.79 Å². The van der Waals surface area contributed by atoms with E-state index in [-0.39, 0.29) is 12.4 Å². The molecule has 2 aromatic carbocycles. The van der Waals surface area contributed by atoms with E-state index in [0.717, 1.165) is 29.8 Å². The maximum absolute atomic E-state index is 12.5. The Hall–Kier alpha value is -1.88. The first-order chi connectivity index (χ1) is 12.1. The number of unbranched alkanes of at least 4 members (excludes halogenated alkanes) is 1. The van der Waals surface area contributed by atoms with E-state index < -0.39 is 0 Å². The number of Topliss-reactive ketones (excluding diaryl/α,β-unsaturated/α-hetero) is 1. The number of rotatable bonds is 10. The second kappa shape index (κ2) is 10.2. The lowest BCUT2D eigenvalue weighted by Crippen LogP contribution is -2.06. The first-order valence-corrected chi connectivity index (χ1v) is 8.84. The number of nitrogens with one attached hydrogen (secondary N) is 1. The van der Waals surface area contributed by atoms with E-state index in [2.05, 4.69) is 5.32 Å². The molecule has 0 amide bonds. The smallest absolute Gasteiger partial charge is 0.164 e. The summed E-state index contributed by atoms with van der Waals surface area (Å²) in [6.07, 6.45) is 2.03. The number of halogens is 1. The third kappa shape index (κ3) is 5.85. The van der Waals surface area contributed by atoms with Crippen LogP contribution in [0.4, 0.5) is 11.4 Å². The van der Waals surface area contributed by atoms with Crippen molar-refractivity contribution in [1.82, 2.24) is 0 Å². The van der Waals surface area contributed by atoms with Gasteiger partial charge in [0.05, 0.1) is 13.2 Å². The van der Waals surface area contributed by atoms with Gasteiger partial charge in [0, 0.05) is 35.0 Å². The Bertz CT molecular complexity index is 703. The number of hydrogen-bond acceptors (Lipinski definition) is 4. The van der Waals surface area contributed by atoms with Gasteiger partial charge in [0.2, 0.25) is 0 Å². The van der Waals surface area contributed by atoms with Crippen LogP contribution >= 0.6 is 11.6 Å². The Morgan fingerprint density at radius 3 is 2.64 bits per heavy atom. The van der Waals surface area contributed by atoms with Crippen LogP contribution in [0, 0.1) is 6.92 Å². The Labute approximate surface area is 153 Å². The molecular weight excluding hydrogens is 338 g/mol. The van der Waals surface area contributed by atoms with Crippen molar-refractivity contribution in [3.8, 4) is 0 Å². The van der Waals surface area contributed by atoms with Crippen LogP contribution in [0.3, 0.4) is 0 Å². The van der Waals surface area contributed by atoms with Crippen LogP contribution in [0.1, 0.15) is 35.2 Å². The van der Waals surface area contributed by atoms with Crippen molar-refractivity contribution in [2.24, 2.45) is 0 Å². The number of para-hydroxylation sites is 1. The van der Waals surface area contributed by atoms with Gasteiger partial charge in [-0.15, -0.1) is 0 Å². The summed E-state index contributed by atoms with van der Waals surface area (Å²) in [5.74, 6) is 0.102. The minimum atomic E-state index is 0.0287. The summed E-state index contributed by atoms with van der Waals surface area (Å²) in [4.78, 5) is 12.5. The van der Waals surface area contributed by atoms with Gasteiger partial charge >= 0.3 is 0 Å². The molecule has 0 aromatic heterocycles. The third-order valence-corrected chi connectivity index (χ3v) is 4.35. The number of hydrogen-bond donors (Lipinski definition) is 2. The van der Waals surface area contributed by atoms with E-state index >= 15 is 0 Å². The summed E-state index contributed by atoms with van der Waals surface area (Å²) in [6, 6.07) is 13.2. The summed E-state index contributed by atoms with van der Waals surface area (Å²) in [7, 11) is 0. The van der Waals surface area contributed by atoms with Crippen molar-refractivity contribution >= 4 is 28.8 Å². The highest BCUT2D eigenvalue weighted by molar-refractivity contribution is 6.31. The van der Waals surface area contributed by atoms with E-state index in [9.17, 15) is 4.79 Å². The summed E-state index contributed by atoms with van der Waals surface area (Å²) in [6.45, 7) is 2.89. The second-order valence-corrected chi connectivity index (χ2v) is 6.21. The van der Waals surface area contributed by atoms with Crippen LogP contribution in [0.15, 0.2) is 42.5 Å². The molecule has 0 saturated heterocycles. The minimum absolute atomic E-state index is 0.0287. The fraction of sp³-hybridized carbons (Fsp3) is 0.350. The minimum Gasteiger partial charge on any atom is -0.394 e. The zero-order valence-electron chi connectivity index (χ0n) is 14.4. The van der Waals surface area contributed by atoms with E-state index in [0.29, 0.717) is 30.2 Å². The molecule has 2 rings (SSSR count). The molecule has 2 aromatic rings. The highest BCUT2D eigenvalue weighted by atomic mass is 35.5. The second-order valence-electron chi connectivity index (χ2n) is 5.80. The first kappa shape index (κ1) is 19.4. The fourth-order valence-electron chi connectivity index (χ4n) is 2.51. The molecule has 134 valence electrons. The molecule has 4 nitrogen and oxygen atoms in total. The monoisotopic (exact) mass is 361 g/mol. The molecule has 0 bridgehead atoms. The van der Waals surface area contributed by atoms with Gasteiger partial charge < -0.3 is 15.2 Å². The maximum Gasteiger partial charge on any atom is 0.164 e. The zero-order valence-corrected chi connectivity index (χ0v) is 15.2. The predicted octanol–water partition coefficient (Wildman–Crippen LogP) is 4.75. The van der Waals surface area contributed by atoms with Crippen molar-refractivity contribution in [3.63, 3.8) is 0 Å². The van der Waals surface area contributed by atoms with Crippen LogP contribution < -0.4 is 5.32 Å². The summed E-state index contributed by atoms with van der Waals surface area (Å²) in [5.41, 5.74) is 3.31. The van der Waals surface area contributed by atoms with Crippen molar-refractivity contribution < 1.29 is 14.6 Å². The van der Waals surface area contributed by atoms with Gasteiger partial charge in [0.15, 0.2) is 5.78 Å². The average molecular weight is 362 g/mol. The number of anilines is 2. The van der Waals surface area contributed by atoms with Crippen molar-refractivity contribution in [3.05, 3.63) is 58.6 Å². The molecule has 0 unspecified atom stereocenters. The van der Waals surface area contributed by atoms with E-state index in [4.69, 9.17) is 21.4 Å². The standard InChI is InChI=1S/C20H24ClNO3/c1-15-17(21)8-6-10-18(15)22-19-9-3-2-7-16(19)20(24)11-4-5-13-25-14-12-23/h2-3,6-10,22-23H,4-5,11-14H2,1H3. The Kier molecular flexibility index (Phi) is 7.92. The van der Waals surface area contributed by atoms with E-state index in [1.807, 2.05) is 49.4 Å². The number of aliphatic hydroxyl groups is 1. The normalized spacial score (nSPS) is 10.7. The van der Waals surface area contributed by atoms with Crippen molar-refractivity contribution in [1.29, 1.82) is 0 Å². The molecule has 0 radical (unpaired) electrons. The summed E-state index contributed by atoms with van der Waals surface area (Å²) < 4.78 is 5.21. The van der Waals surface area contributed by atoms with Crippen LogP contribution in [0.25, 0.3) is 0 Å². The van der Waals surface area contributed by atoms with Crippen LogP contribution in [-0.4, -0.2) is 30.7 Å². The molecule has 0 saturated carbocycles. The topological polar surface area (TPSA) is 58.6 Å². The third-order valence-electron chi connectivity index (χ3n) is 3.94. The number of ketones is 1. The largest absolute Gasteiger partial charge is 0.394 e. The molecule has 5 heteroatoms. The lowest BCUT2D eigenvalue weighted by atomic mass is 10.0. The van der Waals surface area contributed by atoms with Gasteiger partial charge in [-0.2, -0.15) is 0 Å². The summed E-state index contributed by atoms with van der Waals surface area (Å²) >= 11 is 6.17. The average Bonchev–Trinajstić information content (AvgIpc) is 2.62. The van der Waals surface area contributed by atoms with Crippen molar-refractivity contribution in [2.45, 2.75) is 26.2 Å². The maximum atomic E-state index is 12.5. The first-order valence-electron chi connectivity index (χ1n) is 8.46. The van der Waals surface area contributed by atoms with Crippen LogP contribution in [0.5, 0.6) is 0 Å². The molecule has 2 N–H and O–H groups in total. The fourth-order valence-corrected chi connectivity index (χ4v) is 2.69. The number of aliphatic hydroxyl groups excluding tert-OH is 1. The highest BCUT2D eigenvalue weighted by Gasteiger charge is 2.12. The molecule has 0 fully saturated rings. The number of benzene rings is 2. The van der Waals surface area contributed by atoms with Crippen LogP contribution in [-0.2, 0) is 4.74 Å². The number of carbonyl (C=O) groups is 1. The summed E-state index contributed by atoms with van der Waals surface area (Å²) in [5, 5.41) is 12.7. The quantitative estimate of drug-likeness (QED) is 0.473. The van der Waals surface area contributed by atoms with Gasteiger partial charge in [-0.25, -0.2) is 0 Å². The molecule has 0 aliphatic rings. The highest BCUT2D eigenvalue weighted by Crippen LogP contribution is 2.28. The molecule has 0 heterocycles. The molecule has 0 aliphatic carbocycles. The predicted molar refractivity (Wildman–Crippen MR) is 102 cm³/mol. The van der Waals surface area contributed by atoms with Crippen molar-refractivity contribution in [2.75, 3.05) is 25.1 Å². The van der Waals surface area contributed by atoms with E-state index in [1.54, 1.807) is 0 Å². The van der Waals surface area contributed by atoms with Gasteiger partial charge in [-0.05, 0) is 49.6 Å². The molecular formula is C20H24ClNO3. The van der Waals surface area contributed by atoms with Gasteiger partial charge in [0.25, 0.3) is 0 Å². The number of ether oxygens (including phenoxy) is 1. The molecule has 25 heavy (non-hydrogen) atoms. The van der Waals surface area contributed by atoms with Crippen LogP contribution in [0.2, 0.25) is 5.02 Å². The van der Waals surface area contributed by atoms with Gasteiger partial charge in [-0.1, -0.05) is 29.8 Å². The Balaban J connectivity index is 2.00.